The summed E-state index contributed by atoms with van der Waals surface area (Å²) in [4.78, 5) is 8.47. The molecule has 0 fully saturated rings. The van der Waals surface area contributed by atoms with Crippen molar-refractivity contribution in [1.82, 2.24) is 19.7 Å². The second-order valence-electron chi connectivity index (χ2n) is 4.83. The second kappa shape index (κ2) is 7.22. The molecule has 3 rings (SSSR count). The van der Waals surface area contributed by atoms with E-state index in [-0.39, 0.29) is 0 Å². The van der Waals surface area contributed by atoms with Gasteiger partial charge in [0, 0.05) is 42.0 Å². The minimum Gasteiger partial charge on any atom is -0.271 e. The molecular formula is C17H18N4S. The van der Waals surface area contributed by atoms with Gasteiger partial charge in [0.15, 0.2) is 0 Å². The summed E-state index contributed by atoms with van der Waals surface area (Å²) in [5.74, 6) is 2.24. The zero-order valence-corrected chi connectivity index (χ0v) is 13.3. The number of aryl methyl sites for hydroxylation is 1. The lowest BCUT2D eigenvalue weighted by Crippen LogP contribution is -2.01. The van der Waals surface area contributed by atoms with Crippen molar-refractivity contribution in [3.05, 3.63) is 55.1 Å². The molecule has 22 heavy (non-hydrogen) atoms. The molecule has 0 spiro atoms. The highest BCUT2D eigenvalue weighted by atomic mass is 32.2. The molecule has 2 aromatic heterocycles. The maximum atomic E-state index is 4.65. The van der Waals surface area contributed by atoms with Crippen molar-refractivity contribution < 1.29 is 0 Å². The first-order valence-corrected chi connectivity index (χ1v) is 8.50. The van der Waals surface area contributed by atoms with E-state index in [1.54, 1.807) is 18.6 Å². The summed E-state index contributed by atoms with van der Waals surface area (Å²) < 4.78 is 2.01. The predicted molar refractivity (Wildman–Crippen MR) is 91.7 cm³/mol. The van der Waals surface area contributed by atoms with Gasteiger partial charge in [-0.2, -0.15) is 16.9 Å². The molecule has 0 atom stereocenters. The summed E-state index contributed by atoms with van der Waals surface area (Å²) in [6.07, 6.45) is 7.21. The van der Waals surface area contributed by atoms with Crippen molar-refractivity contribution in [2.45, 2.75) is 13.5 Å². The van der Waals surface area contributed by atoms with Gasteiger partial charge in [-0.3, -0.25) is 14.6 Å². The maximum Gasteiger partial charge on any atom is 0.0923 e. The normalized spacial score (nSPS) is 10.8. The molecule has 3 aromatic rings. The maximum absolute atomic E-state index is 4.65. The van der Waals surface area contributed by atoms with E-state index in [2.05, 4.69) is 40.2 Å². The van der Waals surface area contributed by atoms with Crippen molar-refractivity contribution in [3.8, 4) is 22.5 Å². The molecule has 0 saturated heterocycles. The number of rotatable bonds is 6. The molecule has 0 N–H and O–H groups in total. The van der Waals surface area contributed by atoms with Gasteiger partial charge < -0.3 is 0 Å². The zero-order chi connectivity index (χ0) is 15.2. The summed E-state index contributed by atoms with van der Waals surface area (Å²) in [6.45, 7) is 3.12. The van der Waals surface area contributed by atoms with Gasteiger partial charge in [-0.25, -0.2) is 0 Å². The average molecular weight is 310 g/mol. The van der Waals surface area contributed by atoms with Crippen LogP contribution in [0.3, 0.4) is 0 Å². The van der Waals surface area contributed by atoms with Crippen LogP contribution in [0.4, 0.5) is 0 Å². The predicted octanol–water partition coefficient (Wildman–Crippen LogP) is 3.76. The van der Waals surface area contributed by atoms with Gasteiger partial charge in [-0.15, -0.1) is 0 Å². The monoisotopic (exact) mass is 310 g/mol. The lowest BCUT2D eigenvalue weighted by atomic mass is 10.1. The summed E-state index contributed by atoms with van der Waals surface area (Å²) >= 11 is 1.93. The molecule has 112 valence electrons. The van der Waals surface area contributed by atoms with Crippen LogP contribution in [0.25, 0.3) is 22.5 Å². The fourth-order valence-electron chi connectivity index (χ4n) is 2.23. The molecule has 0 saturated carbocycles. The lowest BCUT2D eigenvalue weighted by molar-refractivity contribution is 0.669. The quantitative estimate of drug-likeness (QED) is 0.650. The number of benzene rings is 1. The number of thioether (sulfide) groups is 1. The van der Waals surface area contributed by atoms with E-state index in [1.807, 2.05) is 34.8 Å². The van der Waals surface area contributed by atoms with E-state index in [0.717, 1.165) is 40.6 Å². The fourth-order valence-corrected chi connectivity index (χ4v) is 2.83. The Morgan fingerprint density at radius 2 is 1.95 bits per heavy atom. The minimum atomic E-state index is 0.878. The van der Waals surface area contributed by atoms with Gasteiger partial charge in [0.25, 0.3) is 0 Å². The number of nitrogens with zero attached hydrogens (tertiary/aromatic N) is 4. The topological polar surface area (TPSA) is 43.6 Å². The van der Waals surface area contributed by atoms with Crippen LogP contribution in [0.5, 0.6) is 0 Å². The zero-order valence-electron chi connectivity index (χ0n) is 12.5. The van der Waals surface area contributed by atoms with Crippen molar-refractivity contribution in [1.29, 1.82) is 0 Å². The van der Waals surface area contributed by atoms with Crippen LogP contribution in [-0.4, -0.2) is 31.3 Å². The number of aromatic nitrogens is 4. The highest BCUT2D eigenvalue weighted by molar-refractivity contribution is 7.99. The van der Waals surface area contributed by atoms with E-state index in [0.29, 0.717) is 0 Å². The minimum absolute atomic E-state index is 0.878. The summed E-state index contributed by atoms with van der Waals surface area (Å²) in [5.41, 5.74) is 4.03. The third-order valence-electron chi connectivity index (χ3n) is 3.33. The van der Waals surface area contributed by atoms with Gasteiger partial charge in [0.1, 0.15) is 0 Å². The fraction of sp³-hybridized carbons (Fsp3) is 0.235. The molecule has 0 amide bonds. The summed E-state index contributed by atoms with van der Waals surface area (Å²) in [6, 6.07) is 10.3. The largest absolute Gasteiger partial charge is 0.271 e. The highest BCUT2D eigenvalue weighted by Gasteiger charge is 2.05. The molecule has 1 aromatic carbocycles. The molecular weight excluding hydrogens is 292 g/mol. The molecule has 0 aliphatic heterocycles. The van der Waals surface area contributed by atoms with Crippen molar-refractivity contribution >= 4 is 11.8 Å². The Labute approximate surface area is 134 Å². The molecule has 4 nitrogen and oxygen atoms in total. The first-order valence-electron chi connectivity index (χ1n) is 7.35. The molecule has 2 heterocycles. The van der Waals surface area contributed by atoms with Crippen LogP contribution in [-0.2, 0) is 6.54 Å². The Hall–Kier alpha value is -2.14. The van der Waals surface area contributed by atoms with E-state index < -0.39 is 0 Å². The molecule has 0 bridgehead atoms. The summed E-state index contributed by atoms with van der Waals surface area (Å²) in [7, 11) is 0. The van der Waals surface area contributed by atoms with Crippen LogP contribution in [0.1, 0.15) is 6.92 Å². The standard InChI is InChI=1S/C17H18N4S/c1-2-22-11-10-21-9-6-16(20-21)14-4-3-5-15(12-14)17-13-18-7-8-19-17/h3-9,12-13H,2,10-11H2,1H3. The van der Waals surface area contributed by atoms with Crippen LogP contribution in [0, 0.1) is 0 Å². The van der Waals surface area contributed by atoms with Crippen LogP contribution < -0.4 is 0 Å². The third-order valence-corrected chi connectivity index (χ3v) is 4.21. The molecule has 0 unspecified atom stereocenters. The van der Waals surface area contributed by atoms with Crippen LogP contribution in [0.15, 0.2) is 55.1 Å². The Morgan fingerprint density at radius 1 is 1.09 bits per heavy atom. The van der Waals surface area contributed by atoms with Crippen molar-refractivity contribution in [2.24, 2.45) is 0 Å². The van der Waals surface area contributed by atoms with Crippen LogP contribution in [0.2, 0.25) is 0 Å². The first kappa shape index (κ1) is 14.8. The van der Waals surface area contributed by atoms with Crippen molar-refractivity contribution in [2.75, 3.05) is 11.5 Å². The Kier molecular flexibility index (Phi) is 4.85. The van der Waals surface area contributed by atoms with Crippen LogP contribution >= 0.6 is 11.8 Å². The van der Waals surface area contributed by atoms with E-state index >= 15 is 0 Å². The van der Waals surface area contributed by atoms with E-state index in [9.17, 15) is 0 Å². The second-order valence-corrected chi connectivity index (χ2v) is 6.23. The van der Waals surface area contributed by atoms with Gasteiger partial charge >= 0.3 is 0 Å². The van der Waals surface area contributed by atoms with Crippen molar-refractivity contribution in [3.63, 3.8) is 0 Å². The van der Waals surface area contributed by atoms with Gasteiger partial charge in [0.05, 0.1) is 17.6 Å². The Bertz CT molecular complexity index is 724. The van der Waals surface area contributed by atoms with Gasteiger partial charge in [-0.1, -0.05) is 25.1 Å². The highest BCUT2D eigenvalue weighted by Crippen LogP contribution is 2.23. The third kappa shape index (κ3) is 3.54. The Morgan fingerprint density at radius 3 is 2.73 bits per heavy atom. The lowest BCUT2D eigenvalue weighted by Gasteiger charge is -2.03. The molecule has 0 radical (unpaired) electrons. The number of hydrogen-bond acceptors (Lipinski definition) is 4. The Balaban J connectivity index is 1.80. The SMILES string of the molecule is CCSCCn1ccc(-c2cccc(-c3cnccn3)c2)n1. The van der Waals surface area contributed by atoms with Gasteiger partial charge in [0.2, 0.25) is 0 Å². The van der Waals surface area contributed by atoms with Gasteiger partial charge in [-0.05, 0) is 17.9 Å². The first-order chi connectivity index (χ1) is 10.9. The average Bonchev–Trinajstić information content (AvgIpc) is 3.05. The smallest absolute Gasteiger partial charge is 0.0923 e. The number of hydrogen-bond donors (Lipinski definition) is 0. The molecule has 0 aliphatic rings. The van der Waals surface area contributed by atoms with E-state index in [1.165, 1.54) is 0 Å². The van der Waals surface area contributed by atoms with E-state index in [4.69, 9.17) is 0 Å². The summed E-state index contributed by atoms with van der Waals surface area (Å²) in [5, 5.41) is 4.65. The molecule has 5 heteroatoms. The molecule has 0 aliphatic carbocycles.